The lowest BCUT2D eigenvalue weighted by atomic mass is 10.1. The highest BCUT2D eigenvalue weighted by Crippen LogP contribution is 2.30. The van der Waals surface area contributed by atoms with Crippen molar-refractivity contribution in [1.29, 1.82) is 0 Å². The molecule has 7 nitrogen and oxygen atoms in total. The molecule has 1 aromatic carbocycles. The third kappa shape index (κ3) is 2.82. The number of nitrogens with one attached hydrogen (secondary N) is 1. The molecular formula is C11H13ClN2O5S. The van der Waals surface area contributed by atoms with Crippen LogP contribution in [-0.2, 0) is 14.8 Å². The van der Waals surface area contributed by atoms with Crippen LogP contribution in [0.3, 0.4) is 0 Å². The maximum absolute atomic E-state index is 12.1. The number of sulfonamides is 1. The normalized spacial score (nSPS) is 15.8. The van der Waals surface area contributed by atoms with Gasteiger partial charge in [-0.05, 0) is 12.1 Å². The summed E-state index contributed by atoms with van der Waals surface area (Å²) in [4.78, 5) is 12.2. The van der Waals surface area contributed by atoms with E-state index >= 15 is 0 Å². The van der Waals surface area contributed by atoms with E-state index in [2.05, 4.69) is 9.46 Å². The lowest BCUT2D eigenvalue weighted by Crippen LogP contribution is -2.60. The Morgan fingerprint density at radius 3 is 2.75 bits per heavy atom. The summed E-state index contributed by atoms with van der Waals surface area (Å²) in [5.41, 5.74) is 0. The molecule has 1 heterocycles. The van der Waals surface area contributed by atoms with Gasteiger partial charge >= 0.3 is 6.09 Å². The molecule has 1 aliphatic rings. The van der Waals surface area contributed by atoms with E-state index in [0.29, 0.717) is 0 Å². The van der Waals surface area contributed by atoms with Gasteiger partial charge in [-0.2, -0.15) is 0 Å². The molecule has 0 aromatic heterocycles. The largest absolute Gasteiger partial charge is 0.505 e. The van der Waals surface area contributed by atoms with Crippen LogP contribution in [-0.4, -0.2) is 50.8 Å². The number of carbonyl (C=O) groups is 1. The molecule has 0 aliphatic carbocycles. The molecule has 1 aromatic rings. The summed E-state index contributed by atoms with van der Waals surface area (Å²) in [5, 5.41) is 9.64. The third-order valence-corrected chi connectivity index (χ3v) is 4.73. The number of nitrogens with zero attached hydrogens (tertiary/aromatic N) is 1. The van der Waals surface area contributed by atoms with Gasteiger partial charge < -0.3 is 14.7 Å². The van der Waals surface area contributed by atoms with Gasteiger partial charge in [0.05, 0.1) is 18.2 Å². The van der Waals surface area contributed by atoms with Crippen LogP contribution in [0.5, 0.6) is 5.75 Å². The van der Waals surface area contributed by atoms with Gasteiger partial charge in [0.15, 0.2) is 5.75 Å². The molecule has 0 atom stereocenters. The second-order valence-corrected chi connectivity index (χ2v) is 6.37. The topological polar surface area (TPSA) is 95.9 Å². The van der Waals surface area contributed by atoms with Crippen molar-refractivity contribution in [1.82, 2.24) is 9.62 Å². The van der Waals surface area contributed by atoms with Gasteiger partial charge in [0.2, 0.25) is 10.0 Å². The fourth-order valence-corrected chi connectivity index (χ4v) is 3.39. The molecule has 110 valence electrons. The summed E-state index contributed by atoms with van der Waals surface area (Å²) in [6.07, 6.45) is -0.508. The van der Waals surface area contributed by atoms with Crippen LogP contribution >= 0.6 is 11.6 Å². The Morgan fingerprint density at radius 1 is 1.50 bits per heavy atom. The summed E-state index contributed by atoms with van der Waals surface area (Å²) in [7, 11) is -2.64. The maximum atomic E-state index is 12.1. The number of rotatable bonds is 3. The first-order chi connectivity index (χ1) is 9.35. The molecule has 0 bridgehead atoms. The van der Waals surface area contributed by atoms with E-state index in [1.54, 1.807) is 0 Å². The molecule has 1 saturated heterocycles. The Balaban J connectivity index is 2.07. The zero-order valence-corrected chi connectivity index (χ0v) is 12.1. The number of amides is 1. The Morgan fingerprint density at radius 2 is 2.15 bits per heavy atom. The van der Waals surface area contributed by atoms with Crippen molar-refractivity contribution in [2.45, 2.75) is 10.9 Å². The Labute approximate surface area is 121 Å². The number of halogens is 1. The second kappa shape index (κ2) is 5.47. The summed E-state index contributed by atoms with van der Waals surface area (Å²) >= 11 is 5.68. The summed E-state index contributed by atoms with van der Waals surface area (Å²) in [5.74, 6) is -0.495. The molecule has 1 amide bonds. The summed E-state index contributed by atoms with van der Waals surface area (Å²) in [6, 6.07) is 3.65. The van der Waals surface area contributed by atoms with Crippen LogP contribution in [0.15, 0.2) is 23.1 Å². The zero-order valence-electron chi connectivity index (χ0n) is 10.5. The van der Waals surface area contributed by atoms with Crippen LogP contribution in [0.1, 0.15) is 0 Å². The van der Waals surface area contributed by atoms with E-state index in [9.17, 15) is 18.3 Å². The number of benzene rings is 1. The van der Waals surface area contributed by atoms with E-state index in [-0.39, 0.29) is 23.0 Å². The fourth-order valence-electron chi connectivity index (χ4n) is 1.83. The van der Waals surface area contributed by atoms with Gasteiger partial charge in [-0.3, -0.25) is 0 Å². The molecule has 0 saturated carbocycles. The number of carbonyl (C=O) groups excluding carboxylic acids is 1. The second-order valence-electron chi connectivity index (χ2n) is 4.28. The summed E-state index contributed by atoms with van der Waals surface area (Å²) in [6.45, 7) is 0.431. The van der Waals surface area contributed by atoms with E-state index in [1.807, 2.05) is 0 Å². The van der Waals surface area contributed by atoms with Gasteiger partial charge in [-0.15, -0.1) is 0 Å². The number of ether oxygens (including phenoxy) is 1. The first-order valence-electron chi connectivity index (χ1n) is 5.68. The van der Waals surface area contributed by atoms with Crippen molar-refractivity contribution in [2.75, 3.05) is 20.2 Å². The predicted molar refractivity (Wildman–Crippen MR) is 71.2 cm³/mol. The molecule has 20 heavy (non-hydrogen) atoms. The molecule has 1 aliphatic heterocycles. The third-order valence-electron chi connectivity index (χ3n) is 2.88. The maximum Gasteiger partial charge on any atom is 0.409 e. The van der Waals surface area contributed by atoms with Gasteiger partial charge in [0.1, 0.15) is 4.90 Å². The summed E-state index contributed by atoms with van der Waals surface area (Å²) < 4.78 is 31.1. The monoisotopic (exact) mass is 320 g/mol. The van der Waals surface area contributed by atoms with Crippen molar-refractivity contribution in [3.8, 4) is 5.75 Å². The predicted octanol–water partition coefficient (Wildman–Crippen LogP) is 0.774. The minimum atomic E-state index is -3.89. The average Bonchev–Trinajstić information content (AvgIpc) is 2.35. The van der Waals surface area contributed by atoms with Crippen molar-refractivity contribution >= 4 is 27.7 Å². The highest BCUT2D eigenvalue weighted by molar-refractivity contribution is 7.89. The van der Waals surface area contributed by atoms with E-state index in [0.717, 1.165) is 0 Å². The molecule has 1 fully saturated rings. The van der Waals surface area contributed by atoms with Crippen LogP contribution in [0.25, 0.3) is 0 Å². The number of aromatic hydroxyl groups is 1. The Hall–Kier alpha value is -1.51. The molecule has 0 radical (unpaired) electrons. The molecule has 0 spiro atoms. The van der Waals surface area contributed by atoms with Crippen LogP contribution < -0.4 is 4.72 Å². The van der Waals surface area contributed by atoms with Crippen molar-refractivity contribution in [3.63, 3.8) is 0 Å². The molecule has 0 unspecified atom stereocenters. The minimum absolute atomic E-state index is 0.0438. The Bertz CT molecular complexity index is 628. The first-order valence-corrected chi connectivity index (χ1v) is 7.54. The smallest absolute Gasteiger partial charge is 0.409 e. The Kier molecular flexibility index (Phi) is 4.07. The molecule has 2 rings (SSSR count). The van der Waals surface area contributed by atoms with E-state index < -0.39 is 27.9 Å². The number of phenolic OH excluding ortho intramolecular Hbond substituents is 1. The lowest BCUT2D eigenvalue weighted by molar-refractivity contribution is 0.0856. The van der Waals surface area contributed by atoms with Crippen LogP contribution in [0.2, 0.25) is 5.02 Å². The van der Waals surface area contributed by atoms with E-state index in [4.69, 9.17) is 11.6 Å². The molecular weight excluding hydrogens is 308 g/mol. The number of methoxy groups -OCH3 is 1. The number of hydrogen-bond acceptors (Lipinski definition) is 5. The number of para-hydroxylation sites is 1. The SMILES string of the molecule is COC(=O)N1CC(NS(=O)(=O)c2cccc(Cl)c2O)C1. The minimum Gasteiger partial charge on any atom is -0.505 e. The lowest BCUT2D eigenvalue weighted by Gasteiger charge is -2.37. The first kappa shape index (κ1) is 14.9. The number of likely N-dealkylation sites (tertiary alicyclic amines) is 1. The number of hydrogen-bond donors (Lipinski definition) is 2. The van der Waals surface area contributed by atoms with Gasteiger partial charge in [0.25, 0.3) is 0 Å². The standard InChI is InChI=1S/C11H13ClN2O5S/c1-19-11(16)14-5-7(6-14)13-20(17,18)9-4-2-3-8(12)10(9)15/h2-4,7,13,15H,5-6H2,1H3. The highest BCUT2D eigenvalue weighted by Gasteiger charge is 2.35. The van der Waals surface area contributed by atoms with E-state index in [1.165, 1.54) is 30.2 Å². The highest BCUT2D eigenvalue weighted by atomic mass is 35.5. The number of phenols is 1. The van der Waals surface area contributed by atoms with Gasteiger partial charge in [-0.1, -0.05) is 17.7 Å². The van der Waals surface area contributed by atoms with Crippen molar-refractivity contribution in [3.05, 3.63) is 23.2 Å². The van der Waals surface area contributed by atoms with Crippen molar-refractivity contribution in [2.24, 2.45) is 0 Å². The van der Waals surface area contributed by atoms with Crippen molar-refractivity contribution < 1.29 is 23.1 Å². The molecule has 2 N–H and O–H groups in total. The van der Waals surface area contributed by atoms with Gasteiger partial charge in [-0.25, -0.2) is 17.9 Å². The van der Waals surface area contributed by atoms with Crippen LogP contribution in [0, 0.1) is 0 Å². The molecule has 9 heteroatoms. The zero-order chi connectivity index (χ0) is 14.9. The van der Waals surface area contributed by atoms with Gasteiger partial charge in [0, 0.05) is 13.1 Å². The van der Waals surface area contributed by atoms with Crippen LogP contribution in [0.4, 0.5) is 4.79 Å². The fraction of sp³-hybridized carbons (Fsp3) is 0.364. The quantitative estimate of drug-likeness (QED) is 0.857. The average molecular weight is 321 g/mol.